The van der Waals surface area contributed by atoms with Crippen LogP contribution in [0.15, 0.2) is 42.5 Å². The van der Waals surface area contributed by atoms with Crippen molar-refractivity contribution in [2.75, 3.05) is 20.2 Å². The van der Waals surface area contributed by atoms with Gasteiger partial charge in [-0.05, 0) is 37.2 Å². The Bertz CT molecular complexity index is 1040. The zero-order valence-electron chi connectivity index (χ0n) is 22.6. The van der Waals surface area contributed by atoms with Crippen LogP contribution in [-0.2, 0) is 30.5 Å². The highest BCUT2D eigenvalue weighted by Gasteiger charge is 2.60. The Morgan fingerprint density at radius 1 is 1.11 bits per heavy atom. The molecule has 2 fully saturated rings. The van der Waals surface area contributed by atoms with Gasteiger partial charge in [0.2, 0.25) is 17.7 Å². The highest BCUT2D eigenvalue weighted by molar-refractivity contribution is 5.97. The molecule has 1 saturated carbocycles. The van der Waals surface area contributed by atoms with E-state index in [0.29, 0.717) is 25.9 Å². The zero-order chi connectivity index (χ0) is 27.1. The Morgan fingerprint density at radius 2 is 1.89 bits per heavy atom. The van der Waals surface area contributed by atoms with Crippen molar-refractivity contribution in [1.29, 1.82) is 0 Å². The van der Waals surface area contributed by atoms with E-state index in [1.165, 1.54) is 0 Å². The van der Waals surface area contributed by atoms with E-state index in [-0.39, 0.29) is 54.4 Å². The minimum Gasteiger partial charge on any atom is -0.380 e. The van der Waals surface area contributed by atoms with E-state index in [1.54, 1.807) is 12.0 Å². The molecule has 3 amide bonds. The van der Waals surface area contributed by atoms with Crippen LogP contribution in [0.3, 0.4) is 0 Å². The topological polar surface area (TPSA) is 105 Å². The van der Waals surface area contributed by atoms with Gasteiger partial charge in [0.15, 0.2) is 5.78 Å². The number of carbonyl (C=O) groups excluding carboxylic acids is 4. The number of nitrogens with zero attached hydrogens (tertiary/aromatic N) is 1. The van der Waals surface area contributed by atoms with Crippen molar-refractivity contribution in [1.82, 2.24) is 15.5 Å². The van der Waals surface area contributed by atoms with Gasteiger partial charge in [-0.3, -0.25) is 19.2 Å². The number of ether oxygens (including phenoxy) is 1. The lowest BCUT2D eigenvalue weighted by atomic mass is 9.90. The van der Waals surface area contributed by atoms with Crippen molar-refractivity contribution in [3.63, 3.8) is 0 Å². The Balaban J connectivity index is 1.44. The van der Waals surface area contributed by atoms with Crippen molar-refractivity contribution >= 4 is 23.5 Å². The normalized spacial score (nSPS) is 30.8. The number of Topliss-reactive ketones (excluding diaryl/α,β-unsaturated/α-hetero) is 1. The van der Waals surface area contributed by atoms with Crippen molar-refractivity contribution < 1.29 is 23.9 Å². The molecule has 0 unspecified atom stereocenters. The molecular weight excluding hydrogens is 482 g/mol. The minimum absolute atomic E-state index is 0.00293. The second-order valence-electron chi connectivity index (χ2n) is 11.1. The van der Waals surface area contributed by atoms with Crippen LogP contribution < -0.4 is 10.6 Å². The van der Waals surface area contributed by atoms with Crippen molar-refractivity contribution in [3.8, 4) is 0 Å². The summed E-state index contributed by atoms with van der Waals surface area (Å²) in [6, 6.07) is 9.00. The number of nitrogens with one attached hydrogen (secondary N) is 2. The largest absolute Gasteiger partial charge is 0.380 e. The van der Waals surface area contributed by atoms with E-state index in [0.717, 1.165) is 37.7 Å². The van der Waals surface area contributed by atoms with Gasteiger partial charge in [0.05, 0.1) is 24.1 Å². The maximum absolute atomic E-state index is 13.7. The molecular formula is C30H41N3O5. The van der Waals surface area contributed by atoms with Crippen LogP contribution in [-0.4, -0.2) is 60.7 Å². The SMILES string of the molecule is CO[C@@H]1C[C@H]2C(=O)C[C@]3(C(=O)NCC(=O)NCc4ccccc4)C[C@@H]3/C=C\CCCCC[C@H](C)C(=O)N2C1. The first-order valence-electron chi connectivity index (χ1n) is 14.0. The van der Waals surface area contributed by atoms with Gasteiger partial charge in [-0.25, -0.2) is 0 Å². The molecule has 0 aromatic heterocycles. The number of hydrogen-bond donors (Lipinski definition) is 2. The van der Waals surface area contributed by atoms with E-state index in [9.17, 15) is 19.2 Å². The van der Waals surface area contributed by atoms with Crippen LogP contribution in [0, 0.1) is 17.3 Å². The fourth-order valence-electron chi connectivity index (χ4n) is 5.83. The van der Waals surface area contributed by atoms with Crippen LogP contribution in [0.1, 0.15) is 63.9 Å². The lowest BCUT2D eigenvalue weighted by Gasteiger charge is -2.28. The first-order chi connectivity index (χ1) is 18.3. The highest BCUT2D eigenvalue weighted by atomic mass is 16.5. The molecule has 2 N–H and O–H groups in total. The molecule has 5 atom stereocenters. The monoisotopic (exact) mass is 523 g/mol. The number of carbonyl (C=O) groups is 4. The third-order valence-corrected chi connectivity index (χ3v) is 8.37. The quantitative estimate of drug-likeness (QED) is 0.558. The van der Waals surface area contributed by atoms with Gasteiger partial charge in [-0.1, -0.05) is 62.2 Å². The van der Waals surface area contributed by atoms with Gasteiger partial charge < -0.3 is 20.3 Å². The van der Waals surface area contributed by atoms with E-state index >= 15 is 0 Å². The molecule has 0 radical (unpaired) electrons. The molecule has 1 aromatic carbocycles. The Kier molecular flexibility index (Phi) is 9.36. The summed E-state index contributed by atoms with van der Waals surface area (Å²) in [5.74, 6) is -0.850. The summed E-state index contributed by atoms with van der Waals surface area (Å²) in [5.41, 5.74) is 0.101. The summed E-state index contributed by atoms with van der Waals surface area (Å²) in [7, 11) is 1.61. The van der Waals surface area contributed by atoms with Crippen LogP contribution >= 0.6 is 0 Å². The average Bonchev–Trinajstić information content (AvgIpc) is 3.44. The Morgan fingerprint density at radius 3 is 2.66 bits per heavy atom. The summed E-state index contributed by atoms with van der Waals surface area (Å²) < 4.78 is 5.53. The number of rotatable bonds is 6. The zero-order valence-corrected chi connectivity index (χ0v) is 22.6. The standard InChI is InChI=1S/C30H41N3O5/c1-21-11-7-4-3-5-10-14-23-16-30(23,17-26(34)25-15-24(38-2)20-33(25)28(21)36)29(37)32-19-27(35)31-18-22-12-8-6-9-13-22/h6,8-10,12-14,21,23-25H,3-5,7,11,15-20H2,1-2H3,(H,31,35)(H,32,37)/b14-10-/t21-,23-,24+,25-,30+/m0/s1. The first-order valence-corrected chi connectivity index (χ1v) is 14.0. The van der Waals surface area contributed by atoms with Crippen LogP contribution in [0.5, 0.6) is 0 Å². The molecule has 206 valence electrons. The molecule has 1 aliphatic carbocycles. The Hall–Kier alpha value is -3.00. The first kappa shape index (κ1) is 28.0. The second-order valence-corrected chi connectivity index (χ2v) is 11.1. The summed E-state index contributed by atoms with van der Waals surface area (Å²) in [4.78, 5) is 54.5. The summed E-state index contributed by atoms with van der Waals surface area (Å²) in [5, 5.41) is 5.61. The predicted octanol–water partition coefficient (Wildman–Crippen LogP) is 3.16. The number of allylic oxidation sites excluding steroid dienone is 2. The molecule has 38 heavy (non-hydrogen) atoms. The highest BCUT2D eigenvalue weighted by Crippen LogP contribution is 2.57. The maximum Gasteiger partial charge on any atom is 0.239 e. The van der Waals surface area contributed by atoms with Crippen LogP contribution in [0.4, 0.5) is 0 Å². The third-order valence-electron chi connectivity index (χ3n) is 8.37. The number of methoxy groups -OCH3 is 1. The van der Waals surface area contributed by atoms with E-state index < -0.39 is 11.5 Å². The summed E-state index contributed by atoms with van der Waals surface area (Å²) >= 11 is 0. The third kappa shape index (κ3) is 6.70. The molecule has 2 aliphatic heterocycles. The summed E-state index contributed by atoms with van der Waals surface area (Å²) in [6.45, 7) is 2.58. The molecule has 3 aliphatic rings. The van der Waals surface area contributed by atoms with E-state index in [1.807, 2.05) is 37.3 Å². The average molecular weight is 524 g/mol. The second kappa shape index (κ2) is 12.7. The fraction of sp³-hybridized carbons (Fsp3) is 0.600. The predicted molar refractivity (Wildman–Crippen MR) is 144 cm³/mol. The molecule has 2 heterocycles. The van der Waals surface area contributed by atoms with Gasteiger partial charge >= 0.3 is 0 Å². The lowest BCUT2D eigenvalue weighted by Crippen LogP contribution is -2.46. The minimum atomic E-state index is -0.876. The Labute approximate surface area is 225 Å². The van der Waals surface area contributed by atoms with Gasteiger partial charge in [0.1, 0.15) is 0 Å². The van der Waals surface area contributed by atoms with Crippen molar-refractivity contribution in [2.45, 2.75) is 77.0 Å². The van der Waals surface area contributed by atoms with E-state index in [4.69, 9.17) is 4.74 Å². The molecule has 0 spiro atoms. The number of amides is 3. The maximum atomic E-state index is 13.7. The molecule has 0 bridgehead atoms. The number of benzene rings is 1. The van der Waals surface area contributed by atoms with Crippen molar-refractivity contribution in [2.24, 2.45) is 17.3 Å². The van der Waals surface area contributed by atoms with Gasteiger partial charge in [-0.15, -0.1) is 0 Å². The smallest absolute Gasteiger partial charge is 0.239 e. The van der Waals surface area contributed by atoms with Crippen LogP contribution in [0.2, 0.25) is 0 Å². The van der Waals surface area contributed by atoms with Crippen molar-refractivity contribution in [3.05, 3.63) is 48.0 Å². The number of hydrogen-bond acceptors (Lipinski definition) is 5. The van der Waals surface area contributed by atoms with Gasteiger partial charge in [0, 0.05) is 39.0 Å². The number of fused-ring (bicyclic) bond motifs is 2. The molecule has 1 aromatic rings. The number of ketones is 1. The molecule has 1 saturated heterocycles. The van der Waals surface area contributed by atoms with Gasteiger partial charge in [0.25, 0.3) is 0 Å². The molecule has 8 heteroatoms. The summed E-state index contributed by atoms with van der Waals surface area (Å²) in [6.07, 6.45) is 9.84. The molecule has 4 rings (SSSR count). The lowest BCUT2D eigenvalue weighted by molar-refractivity contribution is -0.142. The van der Waals surface area contributed by atoms with Crippen LogP contribution in [0.25, 0.3) is 0 Å². The molecule has 8 nitrogen and oxygen atoms in total. The fourth-order valence-corrected chi connectivity index (χ4v) is 5.83. The van der Waals surface area contributed by atoms with E-state index in [2.05, 4.69) is 22.8 Å². The van der Waals surface area contributed by atoms with Gasteiger partial charge in [-0.2, -0.15) is 0 Å².